The zero-order chi connectivity index (χ0) is 19.6. The molecule has 5 nitrogen and oxygen atoms in total. The molecular weight excluding hydrogens is 386 g/mol. The minimum atomic E-state index is -0.933. The number of allylic oxidation sites excluding steroid dienone is 1. The third kappa shape index (κ3) is 4.58. The van der Waals surface area contributed by atoms with Gasteiger partial charge in [0.1, 0.15) is 6.04 Å². The number of halogens is 1. The number of nitrogens with zero attached hydrogens (tertiary/aromatic N) is 1. The Kier molecular flexibility index (Phi) is 5.99. The summed E-state index contributed by atoms with van der Waals surface area (Å²) in [6.45, 7) is 4.73. The van der Waals surface area contributed by atoms with Gasteiger partial charge in [-0.3, -0.25) is 9.69 Å². The lowest BCUT2D eigenvalue weighted by molar-refractivity contribution is -0.144. The van der Waals surface area contributed by atoms with Crippen molar-refractivity contribution in [1.82, 2.24) is 4.90 Å². The van der Waals surface area contributed by atoms with E-state index in [-0.39, 0.29) is 0 Å². The van der Waals surface area contributed by atoms with Crippen molar-refractivity contribution < 1.29 is 19.4 Å². The van der Waals surface area contributed by atoms with Crippen molar-refractivity contribution in [2.45, 2.75) is 32.9 Å². The maximum Gasteiger partial charge on any atom is 0.336 e. The van der Waals surface area contributed by atoms with Crippen LogP contribution < -0.4 is 4.74 Å². The van der Waals surface area contributed by atoms with Gasteiger partial charge in [-0.15, -0.1) is 11.3 Å². The van der Waals surface area contributed by atoms with Gasteiger partial charge in [-0.1, -0.05) is 35.4 Å². The van der Waals surface area contributed by atoms with E-state index in [1.165, 1.54) is 17.4 Å². The second kappa shape index (κ2) is 8.25. The zero-order valence-corrected chi connectivity index (χ0v) is 16.6. The molecule has 2 heterocycles. The molecule has 1 aromatic carbocycles. The highest BCUT2D eigenvalue weighted by Crippen LogP contribution is 2.37. The normalized spacial score (nSPS) is 14.9. The van der Waals surface area contributed by atoms with Gasteiger partial charge in [-0.2, -0.15) is 0 Å². The molecule has 1 N–H and O–H groups in total. The molecule has 0 saturated carbocycles. The fourth-order valence-corrected chi connectivity index (χ4v) is 4.40. The molecular formula is C20H20ClNO4S. The van der Waals surface area contributed by atoms with Gasteiger partial charge in [0.05, 0.1) is 0 Å². The second-order valence-corrected chi connectivity index (χ2v) is 8.15. The molecule has 0 unspecified atom stereocenters. The maximum absolute atomic E-state index is 11.9. The van der Waals surface area contributed by atoms with Gasteiger partial charge >= 0.3 is 11.9 Å². The van der Waals surface area contributed by atoms with Crippen molar-refractivity contribution in [3.63, 3.8) is 0 Å². The Balaban J connectivity index is 1.81. The molecule has 3 rings (SSSR count). The van der Waals surface area contributed by atoms with Crippen LogP contribution in [0.5, 0.6) is 5.06 Å². The van der Waals surface area contributed by atoms with E-state index in [0.29, 0.717) is 35.2 Å². The third-order valence-electron chi connectivity index (χ3n) is 4.28. The molecule has 2 aromatic rings. The minimum Gasteiger partial charge on any atom is -0.480 e. The largest absolute Gasteiger partial charge is 0.480 e. The average Bonchev–Trinajstić information content (AvgIpc) is 2.97. The summed E-state index contributed by atoms with van der Waals surface area (Å²) in [4.78, 5) is 26.8. The number of ether oxygens (including phenoxy) is 1. The monoisotopic (exact) mass is 405 g/mol. The minimum absolute atomic E-state index is 0.398. The Labute approximate surface area is 166 Å². The number of aliphatic carboxylic acids is 1. The topological polar surface area (TPSA) is 66.8 Å². The Morgan fingerprint density at radius 1 is 1.33 bits per heavy atom. The lowest BCUT2D eigenvalue weighted by atomic mass is 10.0. The van der Waals surface area contributed by atoms with Crippen LogP contribution in [0.2, 0.25) is 5.02 Å². The molecule has 142 valence electrons. The van der Waals surface area contributed by atoms with Gasteiger partial charge in [0, 0.05) is 29.1 Å². The quantitative estimate of drug-likeness (QED) is 0.587. The van der Waals surface area contributed by atoms with Crippen LogP contribution in [0.4, 0.5) is 0 Å². The van der Waals surface area contributed by atoms with Gasteiger partial charge in [-0.05, 0) is 43.5 Å². The maximum atomic E-state index is 11.9. The first-order valence-electron chi connectivity index (χ1n) is 8.54. The Morgan fingerprint density at radius 3 is 2.74 bits per heavy atom. The number of benzene rings is 1. The fourth-order valence-electron chi connectivity index (χ4n) is 3.15. The lowest BCUT2D eigenvalue weighted by Crippen LogP contribution is -2.37. The van der Waals surface area contributed by atoms with Crippen molar-refractivity contribution in [2.75, 3.05) is 6.54 Å². The lowest BCUT2D eigenvalue weighted by Gasteiger charge is -2.32. The van der Waals surface area contributed by atoms with E-state index in [4.69, 9.17) is 16.3 Å². The van der Waals surface area contributed by atoms with E-state index in [1.807, 2.05) is 24.8 Å². The van der Waals surface area contributed by atoms with Gasteiger partial charge < -0.3 is 9.84 Å². The highest BCUT2D eigenvalue weighted by molar-refractivity contribution is 7.14. The molecule has 1 aromatic heterocycles. The molecule has 0 radical (unpaired) electrons. The number of carboxylic acids is 1. The van der Waals surface area contributed by atoms with Crippen molar-refractivity contribution in [3.8, 4) is 5.06 Å². The van der Waals surface area contributed by atoms with Gasteiger partial charge in [0.15, 0.2) is 5.06 Å². The van der Waals surface area contributed by atoms with Crippen molar-refractivity contribution in [1.29, 1.82) is 0 Å². The average molecular weight is 406 g/mol. The number of rotatable bonds is 5. The predicted octanol–water partition coefficient (Wildman–Crippen LogP) is 4.46. The van der Waals surface area contributed by atoms with E-state index in [1.54, 1.807) is 24.3 Å². The number of carbonyl (C=O) groups is 2. The molecule has 0 bridgehead atoms. The highest BCUT2D eigenvalue weighted by atomic mass is 35.5. The van der Waals surface area contributed by atoms with E-state index in [0.717, 1.165) is 16.0 Å². The summed E-state index contributed by atoms with van der Waals surface area (Å²) in [6, 6.07) is 8.03. The smallest absolute Gasteiger partial charge is 0.336 e. The van der Waals surface area contributed by atoms with Gasteiger partial charge in [-0.25, -0.2) is 4.79 Å². The second-order valence-electron chi connectivity index (χ2n) is 6.64. The molecule has 1 aliphatic rings. The summed E-state index contributed by atoms with van der Waals surface area (Å²) in [5, 5.41) is 10.8. The van der Waals surface area contributed by atoms with Crippen LogP contribution in [0, 0.1) is 0 Å². The number of esters is 1. The number of hydrogen-bond donors (Lipinski definition) is 1. The predicted molar refractivity (Wildman–Crippen MR) is 105 cm³/mol. The summed E-state index contributed by atoms with van der Waals surface area (Å²) in [7, 11) is 0. The van der Waals surface area contributed by atoms with Gasteiger partial charge in [0.25, 0.3) is 0 Å². The molecule has 1 aliphatic heterocycles. The van der Waals surface area contributed by atoms with Gasteiger partial charge in [0.2, 0.25) is 0 Å². The molecule has 0 aliphatic carbocycles. The number of fused-ring (bicyclic) bond motifs is 1. The first kappa shape index (κ1) is 19.6. The summed E-state index contributed by atoms with van der Waals surface area (Å²) >= 11 is 7.67. The summed E-state index contributed by atoms with van der Waals surface area (Å²) in [5.74, 6) is -1.33. The molecule has 0 fully saturated rings. The molecule has 7 heteroatoms. The Hall–Kier alpha value is -2.15. The first-order chi connectivity index (χ1) is 12.8. The van der Waals surface area contributed by atoms with Crippen LogP contribution in [0.15, 0.2) is 42.0 Å². The third-order valence-corrected chi connectivity index (χ3v) is 5.74. The van der Waals surface area contributed by atoms with Crippen LogP contribution >= 0.6 is 22.9 Å². The van der Waals surface area contributed by atoms with Crippen molar-refractivity contribution in [2.24, 2.45) is 0 Å². The standard InChI is InChI=1S/C20H20ClNO4S/c1-12(2)9-17(23)26-18-10-13-11-22(8-7-16(13)27-18)19(20(24)25)14-5-3-4-6-15(14)21/h3-6,9-10,19H,7-8,11H2,1-2H3,(H,24,25)/t19-/m0/s1. The SMILES string of the molecule is CC(C)=CC(=O)Oc1cc2c(s1)CCN([C@H](C(=O)O)c1ccccc1Cl)C2. The number of thiophene rings is 1. The fraction of sp³-hybridized carbons (Fsp3) is 0.300. The van der Waals surface area contributed by atoms with E-state index in [2.05, 4.69) is 0 Å². The highest BCUT2D eigenvalue weighted by Gasteiger charge is 2.32. The van der Waals surface area contributed by atoms with Crippen LogP contribution in [-0.4, -0.2) is 28.5 Å². The van der Waals surface area contributed by atoms with Crippen molar-refractivity contribution in [3.05, 3.63) is 63.0 Å². The Bertz CT molecular complexity index is 901. The molecule has 0 amide bonds. The zero-order valence-electron chi connectivity index (χ0n) is 15.1. The Morgan fingerprint density at radius 2 is 2.07 bits per heavy atom. The number of carboxylic acid groups (broad SMARTS) is 1. The van der Waals surface area contributed by atoms with E-state index < -0.39 is 18.0 Å². The first-order valence-corrected chi connectivity index (χ1v) is 9.74. The van der Waals surface area contributed by atoms with Crippen LogP contribution in [0.25, 0.3) is 0 Å². The number of carbonyl (C=O) groups excluding carboxylic acids is 1. The van der Waals surface area contributed by atoms with E-state index in [9.17, 15) is 14.7 Å². The molecule has 0 saturated heterocycles. The molecule has 0 spiro atoms. The van der Waals surface area contributed by atoms with Crippen LogP contribution in [0.1, 0.15) is 35.9 Å². The van der Waals surface area contributed by atoms with E-state index >= 15 is 0 Å². The molecule has 1 atom stereocenters. The summed E-state index contributed by atoms with van der Waals surface area (Å²) in [6.07, 6.45) is 2.15. The molecule has 27 heavy (non-hydrogen) atoms. The van der Waals surface area contributed by atoms with Crippen LogP contribution in [-0.2, 0) is 22.6 Å². The summed E-state index contributed by atoms with van der Waals surface area (Å²) < 4.78 is 5.37. The van der Waals surface area contributed by atoms with Crippen LogP contribution in [0.3, 0.4) is 0 Å². The summed E-state index contributed by atoms with van der Waals surface area (Å²) in [5.41, 5.74) is 2.45. The van der Waals surface area contributed by atoms with Crippen molar-refractivity contribution >= 4 is 34.9 Å². The number of hydrogen-bond acceptors (Lipinski definition) is 5.